The number of allylic oxidation sites excluding steroid dienone is 1. The zero-order chi connectivity index (χ0) is 33.5. The van der Waals surface area contributed by atoms with Crippen molar-refractivity contribution in [3.05, 3.63) is 11.6 Å². The van der Waals surface area contributed by atoms with Crippen LogP contribution in [0.2, 0.25) is 0 Å². The van der Waals surface area contributed by atoms with Gasteiger partial charge in [0, 0.05) is 19.5 Å². The minimum atomic E-state index is -0.442. The van der Waals surface area contributed by atoms with Crippen molar-refractivity contribution >= 4 is 18.0 Å². The van der Waals surface area contributed by atoms with E-state index in [4.69, 9.17) is 14.2 Å². The molecule has 4 rings (SSSR count). The average molecular weight is 645 g/mol. The number of hydrogen-bond acceptors (Lipinski definition) is 7. The van der Waals surface area contributed by atoms with Crippen LogP contribution in [0.25, 0.3) is 0 Å². The molecule has 4 aliphatic rings. The van der Waals surface area contributed by atoms with Crippen LogP contribution in [-0.2, 0) is 23.8 Å². The van der Waals surface area contributed by atoms with Gasteiger partial charge in [0.2, 0.25) is 0 Å². The van der Waals surface area contributed by atoms with Gasteiger partial charge in [-0.25, -0.2) is 4.79 Å². The van der Waals surface area contributed by atoms with Crippen molar-refractivity contribution in [3.8, 4) is 0 Å². The number of hydrogen-bond donors (Lipinski definition) is 1. The maximum Gasteiger partial charge on any atom is 0.407 e. The molecule has 3 saturated carbocycles. The molecule has 0 unspecified atom stereocenters. The lowest BCUT2D eigenvalue weighted by molar-refractivity contribution is -0.148. The molecule has 8 atom stereocenters. The van der Waals surface area contributed by atoms with E-state index in [9.17, 15) is 14.4 Å². The number of carbonyl (C=O) groups is 3. The molecule has 0 aromatic carbocycles. The number of ether oxygens (including phenoxy) is 3. The molecule has 0 aliphatic heterocycles. The number of amides is 1. The number of esters is 2. The molecule has 0 aromatic rings. The molecule has 1 amide bonds. The monoisotopic (exact) mass is 644 g/mol. The number of fused-ring (bicyclic) bond motifs is 5. The number of carbonyl (C=O) groups excluding carboxylic acids is 3. The van der Waals surface area contributed by atoms with Crippen LogP contribution >= 0.6 is 0 Å². The predicted octanol–water partition coefficient (Wildman–Crippen LogP) is 7.55. The minimum absolute atomic E-state index is 0.0428. The lowest BCUT2D eigenvalue weighted by Crippen LogP contribution is -2.51. The summed E-state index contributed by atoms with van der Waals surface area (Å²) >= 11 is 0. The summed E-state index contributed by atoms with van der Waals surface area (Å²) in [4.78, 5) is 38.5. The maximum atomic E-state index is 12.8. The van der Waals surface area contributed by atoms with Crippen molar-refractivity contribution < 1.29 is 28.6 Å². The van der Waals surface area contributed by atoms with Gasteiger partial charge in [-0.2, -0.15) is 0 Å². The van der Waals surface area contributed by atoms with Crippen LogP contribution in [0.3, 0.4) is 0 Å². The Labute approximate surface area is 279 Å². The van der Waals surface area contributed by atoms with Gasteiger partial charge < -0.3 is 19.5 Å². The summed E-state index contributed by atoms with van der Waals surface area (Å²) in [5, 5.41) is 2.83. The van der Waals surface area contributed by atoms with E-state index < -0.39 is 18.0 Å². The summed E-state index contributed by atoms with van der Waals surface area (Å²) in [6.45, 7) is 16.9. The normalized spacial score (nSPS) is 32.5. The van der Waals surface area contributed by atoms with Crippen LogP contribution in [0, 0.1) is 46.3 Å². The first-order chi connectivity index (χ1) is 21.9. The highest BCUT2D eigenvalue weighted by molar-refractivity contribution is 5.75. The summed E-state index contributed by atoms with van der Waals surface area (Å²) in [5.74, 6) is 4.03. The Bertz CT molecular complexity index is 1060. The molecule has 0 spiro atoms. The van der Waals surface area contributed by atoms with Crippen molar-refractivity contribution in [3.63, 3.8) is 0 Å². The van der Waals surface area contributed by atoms with E-state index >= 15 is 0 Å². The highest BCUT2D eigenvalue weighted by atomic mass is 16.6. The number of alkyl carbamates (subject to hydrolysis) is 1. The highest BCUT2D eigenvalue weighted by Gasteiger charge is 2.59. The number of rotatable bonds is 15. The molecule has 0 bridgehead atoms. The fourth-order valence-corrected chi connectivity index (χ4v) is 10.3. The van der Waals surface area contributed by atoms with E-state index in [1.807, 2.05) is 0 Å². The maximum absolute atomic E-state index is 12.8. The van der Waals surface area contributed by atoms with Crippen LogP contribution < -0.4 is 5.32 Å². The van der Waals surface area contributed by atoms with Crippen LogP contribution in [0.1, 0.15) is 119 Å². The van der Waals surface area contributed by atoms with Crippen molar-refractivity contribution in [2.45, 2.75) is 125 Å². The second kappa shape index (κ2) is 16.3. The third kappa shape index (κ3) is 8.68. The Morgan fingerprint density at radius 2 is 1.63 bits per heavy atom. The Hall–Kier alpha value is -2.09. The van der Waals surface area contributed by atoms with Gasteiger partial charge in [-0.1, -0.05) is 65.5 Å². The number of nitrogens with zero attached hydrogens (tertiary/aromatic N) is 1. The molecule has 0 aromatic heterocycles. The van der Waals surface area contributed by atoms with Crippen molar-refractivity contribution in [2.75, 3.05) is 39.4 Å². The van der Waals surface area contributed by atoms with Crippen LogP contribution in [0.15, 0.2) is 11.6 Å². The molecule has 0 saturated heterocycles. The van der Waals surface area contributed by atoms with Gasteiger partial charge in [0.1, 0.15) is 6.10 Å². The van der Waals surface area contributed by atoms with Crippen LogP contribution in [-0.4, -0.2) is 68.4 Å². The molecule has 3 fully saturated rings. The fourth-order valence-electron chi connectivity index (χ4n) is 10.3. The van der Waals surface area contributed by atoms with Gasteiger partial charge in [0.15, 0.2) is 0 Å². The molecule has 0 radical (unpaired) electrons. The van der Waals surface area contributed by atoms with Crippen molar-refractivity contribution in [2.24, 2.45) is 46.3 Å². The third-order valence-corrected chi connectivity index (χ3v) is 12.5. The zero-order valence-corrected chi connectivity index (χ0v) is 30.0. The largest absolute Gasteiger partial charge is 0.465 e. The van der Waals surface area contributed by atoms with Gasteiger partial charge in [-0.15, -0.1) is 0 Å². The second-order valence-electron chi connectivity index (χ2n) is 15.8. The van der Waals surface area contributed by atoms with Gasteiger partial charge in [-0.05, 0) is 105 Å². The first kappa shape index (κ1) is 36.7. The first-order valence-corrected chi connectivity index (χ1v) is 18.6. The Morgan fingerprint density at radius 1 is 0.935 bits per heavy atom. The van der Waals surface area contributed by atoms with E-state index in [0.717, 1.165) is 54.8 Å². The van der Waals surface area contributed by atoms with Crippen LogP contribution in [0.5, 0.6) is 0 Å². The fraction of sp³-hybridized carbons (Fsp3) is 0.868. The van der Waals surface area contributed by atoms with E-state index in [2.05, 4.69) is 46.0 Å². The average Bonchev–Trinajstić information content (AvgIpc) is 3.34. The molecule has 4 aliphatic carbocycles. The van der Waals surface area contributed by atoms with Gasteiger partial charge in [-0.3, -0.25) is 14.5 Å². The lowest BCUT2D eigenvalue weighted by atomic mass is 9.47. The molecule has 0 heterocycles. The van der Waals surface area contributed by atoms with E-state index in [-0.39, 0.29) is 44.4 Å². The zero-order valence-electron chi connectivity index (χ0n) is 30.0. The summed E-state index contributed by atoms with van der Waals surface area (Å²) in [6.07, 6.45) is 15.6. The lowest BCUT2D eigenvalue weighted by Gasteiger charge is -2.58. The molecule has 46 heavy (non-hydrogen) atoms. The Morgan fingerprint density at radius 3 is 2.28 bits per heavy atom. The van der Waals surface area contributed by atoms with E-state index in [0.29, 0.717) is 12.0 Å². The SMILES string of the molecule is CCOC(=O)CN(CCNC(=O)O[C@H]1CC[C@@]2(C)C(=CC[C@H]3[C@@H]4CC[C@H]([C@H](C)CCCC(C)C)[C@@]4(C)CC[C@@H]32)C1)CC(=O)OCC. The quantitative estimate of drug-likeness (QED) is 0.112. The summed E-state index contributed by atoms with van der Waals surface area (Å²) in [7, 11) is 0. The molecular formula is C38H64N2O6. The highest BCUT2D eigenvalue weighted by Crippen LogP contribution is 2.67. The molecule has 8 heteroatoms. The van der Waals surface area contributed by atoms with Gasteiger partial charge in [0.25, 0.3) is 0 Å². The summed E-state index contributed by atoms with van der Waals surface area (Å²) < 4.78 is 16.0. The standard InChI is InChI=1S/C38H64N2O6/c1-8-44-34(41)24-40(25-35(42)45-9-2)22-21-39-36(43)46-29-17-19-37(6)28(23-29)13-14-30-32-16-15-31(27(5)12-10-11-26(3)4)38(32,7)20-18-33(30)37/h13,26-27,29-33H,8-12,14-25H2,1-7H3,(H,39,43)/t27-,29+,30+,31-,32+,33+,37+,38-/m1/s1. The Kier molecular flexibility index (Phi) is 13.1. The topological polar surface area (TPSA) is 94.2 Å². The molecule has 8 nitrogen and oxygen atoms in total. The van der Waals surface area contributed by atoms with Gasteiger partial charge >= 0.3 is 18.0 Å². The summed E-state index contributed by atoms with van der Waals surface area (Å²) in [5.41, 5.74) is 2.20. The number of nitrogens with one attached hydrogen (secondary N) is 1. The molecule has 1 N–H and O–H groups in total. The predicted molar refractivity (Wildman–Crippen MR) is 181 cm³/mol. The summed E-state index contributed by atoms with van der Waals surface area (Å²) in [6, 6.07) is 0. The van der Waals surface area contributed by atoms with Crippen LogP contribution in [0.4, 0.5) is 4.79 Å². The molecular weight excluding hydrogens is 580 g/mol. The van der Waals surface area contributed by atoms with E-state index in [1.54, 1.807) is 18.7 Å². The Balaban J connectivity index is 1.29. The smallest absolute Gasteiger partial charge is 0.407 e. The first-order valence-electron chi connectivity index (χ1n) is 18.6. The van der Waals surface area contributed by atoms with Gasteiger partial charge in [0.05, 0.1) is 26.3 Å². The van der Waals surface area contributed by atoms with Crippen molar-refractivity contribution in [1.82, 2.24) is 10.2 Å². The van der Waals surface area contributed by atoms with Crippen molar-refractivity contribution in [1.29, 1.82) is 0 Å². The van der Waals surface area contributed by atoms with E-state index in [1.165, 1.54) is 56.9 Å². The minimum Gasteiger partial charge on any atom is -0.465 e. The second-order valence-corrected chi connectivity index (χ2v) is 15.8. The molecule has 262 valence electrons. The third-order valence-electron chi connectivity index (χ3n) is 12.5.